The van der Waals surface area contributed by atoms with Crippen LogP contribution in [0.25, 0.3) is 10.8 Å². The number of hydrogen-bond acceptors (Lipinski definition) is 3. The van der Waals surface area contributed by atoms with Crippen molar-refractivity contribution >= 4 is 39.4 Å². The molecule has 18 heavy (non-hydrogen) atoms. The Labute approximate surface area is 114 Å². The predicted octanol–water partition coefficient (Wildman–Crippen LogP) is 4.56. The monoisotopic (exact) mass is 274 g/mol. The van der Waals surface area contributed by atoms with Gasteiger partial charge in [-0.1, -0.05) is 23.7 Å². The van der Waals surface area contributed by atoms with Gasteiger partial charge in [0.15, 0.2) is 0 Å². The van der Waals surface area contributed by atoms with E-state index in [2.05, 4.69) is 22.4 Å². The highest BCUT2D eigenvalue weighted by atomic mass is 35.5. The molecule has 3 aromatic rings. The molecule has 2 heterocycles. The number of pyridine rings is 1. The average Bonchev–Trinajstić information content (AvgIpc) is 2.82. The van der Waals surface area contributed by atoms with E-state index in [1.54, 1.807) is 11.3 Å². The number of rotatable bonds is 3. The maximum Gasteiger partial charge on any atom is 0.0516 e. The van der Waals surface area contributed by atoms with Gasteiger partial charge in [-0.2, -0.15) is 0 Å². The smallest absolute Gasteiger partial charge is 0.0516 e. The highest BCUT2D eigenvalue weighted by Gasteiger charge is 2.01. The summed E-state index contributed by atoms with van der Waals surface area (Å²) in [5.41, 5.74) is 1.12. The zero-order chi connectivity index (χ0) is 12.4. The SMILES string of the molecule is Clc1csc(CNc2cccc3cnccc23)c1. The van der Waals surface area contributed by atoms with Gasteiger partial charge in [-0.25, -0.2) is 0 Å². The van der Waals surface area contributed by atoms with E-state index in [1.807, 2.05) is 36.0 Å². The Morgan fingerprint density at radius 2 is 2.22 bits per heavy atom. The van der Waals surface area contributed by atoms with Crippen LogP contribution in [0, 0.1) is 0 Å². The fraction of sp³-hybridized carbons (Fsp3) is 0.0714. The second-order valence-electron chi connectivity index (χ2n) is 3.99. The number of benzene rings is 1. The third-order valence-electron chi connectivity index (χ3n) is 2.76. The molecule has 0 spiro atoms. The molecule has 0 fully saturated rings. The summed E-state index contributed by atoms with van der Waals surface area (Å²) in [5.74, 6) is 0. The number of halogens is 1. The van der Waals surface area contributed by atoms with Gasteiger partial charge in [-0.05, 0) is 18.2 Å². The van der Waals surface area contributed by atoms with E-state index in [-0.39, 0.29) is 0 Å². The second kappa shape index (κ2) is 4.96. The summed E-state index contributed by atoms with van der Waals surface area (Å²) < 4.78 is 0. The van der Waals surface area contributed by atoms with Crippen molar-refractivity contribution in [3.8, 4) is 0 Å². The fourth-order valence-corrected chi connectivity index (χ4v) is 2.92. The molecule has 2 nitrogen and oxygen atoms in total. The first-order chi connectivity index (χ1) is 8.83. The number of nitrogens with one attached hydrogen (secondary N) is 1. The molecule has 0 radical (unpaired) electrons. The van der Waals surface area contributed by atoms with Crippen LogP contribution in [0.5, 0.6) is 0 Å². The van der Waals surface area contributed by atoms with Gasteiger partial charge in [-0.15, -0.1) is 11.3 Å². The first-order valence-electron chi connectivity index (χ1n) is 5.62. The van der Waals surface area contributed by atoms with Gasteiger partial charge in [0, 0.05) is 45.7 Å². The summed E-state index contributed by atoms with van der Waals surface area (Å²) in [6.45, 7) is 0.790. The molecule has 0 aliphatic heterocycles. The molecule has 0 unspecified atom stereocenters. The molecule has 0 aliphatic rings. The number of nitrogens with zero attached hydrogens (tertiary/aromatic N) is 1. The van der Waals surface area contributed by atoms with Gasteiger partial charge in [0.2, 0.25) is 0 Å². The van der Waals surface area contributed by atoms with Crippen molar-refractivity contribution in [1.82, 2.24) is 4.98 Å². The number of hydrogen-bond donors (Lipinski definition) is 1. The molecule has 4 heteroatoms. The number of thiophene rings is 1. The fourth-order valence-electron chi connectivity index (χ4n) is 1.91. The Bertz CT molecular complexity index is 673. The minimum atomic E-state index is 0.790. The number of fused-ring (bicyclic) bond motifs is 1. The van der Waals surface area contributed by atoms with Crippen LogP contribution in [0.2, 0.25) is 5.02 Å². The third-order valence-corrected chi connectivity index (χ3v) is 4.04. The lowest BCUT2D eigenvalue weighted by molar-refractivity contribution is 1.20. The Balaban J connectivity index is 1.86. The lowest BCUT2D eigenvalue weighted by atomic mass is 10.1. The molecule has 3 rings (SSSR count). The van der Waals surface area contributed by atoms with Crippen molar-refractivity contribution in [2.75, 3.05) is 5.32 Å². The zero-order valence-corrected chi connectivity index (χ0v) is 11.1. The standard InChI is InChI=1S/C14H11ClN2S/c15-11-6-12(18-9-11)8-17-14-3-1-2-10-7-16-5-4-13(10)14/h1-7,9,17H,8H2. The van der Waals surface area contributed by atoms with E-state index >= 15 is 0 Å². The quantitative estimate of drug-likeness (QED) is 0.757. The van der Waals surface area contributed by atoms with Crippen molar-refractivity contribution in [1.29, 1.82) is 0 Å². The Morgan fingerprint density at radius 1 is 1.28 bits per heavy atom. The molecule has 0 bridgehead atoms. The molecule has 2 aromatic heterocycles. The van der Waals surface area contributed by atoms with Crippen LogP contribution in [0.3, 0.4) is 0 Å². The molecule has 0 saturated heterocycles. The lowest BCUT2D eigenvalue weighted by Gasteiger charge is -2.08. The third kappa shape index (κ3) is 2.33. The van der Waals surface area contributed by atoms with Crippen LogP contribution in [-0.2, 0) is 6.54 Å². The largest absolute Gasteiger partial charge is 0.380 e. The summed E-state index contributed by atoms with van der Waals surface area (Å²) >= 11 is 7.58. The summed E-state index contributed by atoms with van der Waals surface area (Å²) in [6, 6.07) is 10.2. The summed E-state index contributed by atoms with van der Waals surface area (Å²) in [6.07, 6.45) is 3.69. The van der Waals surface area contributed by atoms with Gasteiger partial charge in [-0.3, -0.25) is 4.98 Å². The molecule has 1 N–H and O–H groups in total. The Hall–Kier alpha value is -1.58. The van der Waals surface area contributed by atoms with Crippen molar-refractivity contribution in [2.45, 2.75) is 6.54 Å². The molecule has 0 saturated carbocycles. The first kappa shape index (κ1) is 11.5. The van der Waals surface area contributed by atoms with Crippen molar-refractivity contribution in [3.63, 3.8) is 0 Å². The van der Waals surface area contributed by atoms with Gasteiger partial charge in [0.25, 0.3) is 0 Å². The lowest BCUT2D eigenvalue weighted by Crippen LogP contribution is -1.97. The van der Waals surface area contributed by atoms with Gasteiger partial charge in [0.05, 0.1) is 5.02 Å². The van der Waals surface area contributed by atoms with Crippen molar-refractivity contribution in [2.24, 2.45) is 0 Å². The second-order valence-corrected chi connectivity index (χ2v) is 5.42. The predicted molar refractivity (Wildman–Crippen MR) is 78.4 cm³/mol. The van der Waals surface area contributed by atoms with E-state index in [4.69, 9.17) is 11.6 Å². The van der Waals surface area contributed by atoms with Crippen LogP contribution in [0.4, 0.5) is 5.69 Å². The molecule has 0 atom stereocenters. The molecular weight excluding hydrogens is 264 g/mol. The Morgan fingerprint density at radius 3 is 3.06 bits per heavy atom. The topological polar surface area (TPSA) is 24.9 Å². The number of anilines is 1. The normalized spacial score (nSPS) is 10.7. The highest BCUT2D eigenvalue weighted by molar-refractivity contribution is 7.10. The number of aromatic nitrogens is 1. The van der Waals surface area contributed by atoms with Crippen LogP contribution < -0.4 is 5.32 Å². The minimum Gasteiger partial charge on any atom is -0.380 e. The molecule has 0 aliphatic carbocycles. The molecule has 90 valence electrons. The summed E-state index contributed by atoms with van der Waals surface area (Å²) in [7, 11) is 0. The molecule has 1 aromatic carbocycles. The van der Waals surface area contributed by atoms with Gasteiger partial charge >= 0.3 is 0 Å². The van der Waals surface area contributed by atoms with E-state index in [0.29, 0.717) is 0 Å². The van der Waals surface area contributed by atoms with Crippen LogP contribution in [-0.4, -0.2) is 4.98 Å². The average molecular weight is 275 g/mol. The highest BCUT2D eigenvalue weighted by Crippen LogP contribution is 2.24. The summed E-state index contributed by atoms with van der Waals surface area (Å²) in [5, 5.41) is 8.53. The van der Waals surface area contributed by atoms with E-state index in [1.165, 1.54) is 10.3 Å². The van der Waals surface area contributed by atoms with Crippen molar-refractivity contribution < 1.29 is 0 Å². The van der Waals surface area contributed by atoms with Gasteiger partial charge < -0.3 is 5.32 Å². The maximum atomic E-state index is 5.91. The van der Waals surface area contributed by atoms with E-state index in [9.17, 15) is 0 Å². The summed E-state index contributed by atoms with van der Waals surface area (Å²) in [4.78, 5) is 5.36. The zero-order valence-electron chi connectivity index (χ0n) is 9.56. The van der Waals surface area contributed by atoms with Crippen LogP contribution >= 0.6 is 22.9 Å². The first-order valence-corrected chi connectivity index (χ1v) is 6.88. The minimum absolute atomic E-state index is 0.790. The molecule has 0 amide bonds. The van der Waals surface area contributed by atoms with Crippen LogP contribution in [0.15, 0.2) is 48.1 Å². The van der Waals surface area contributed by atoms with Crippen LogP contribution in [0.1, 0.15) is 4.88 Å². The molecular formula is C14H11ClN2S. The van der Waals surface area contributed by atoms with Gasteiger partial charge in [0.1, 0.15) is 0 Å². The van der Waals surface area contributed by atoms with Crippen molar-refractivity contribution in [3.05, 3.63) is 58.0 Å². The maximum absolute atomic E-state index is 5.91. The van der Waals surface area contributed by atoms with E-state index in [0.717, 1.165) is 22.6 Å². The van der Waals surface area contributed by atoms with E-state index < -0.39 is 0 Å². The Kier molecular flexibility index (Phi) is 3.17.